The Hall–Kier alpha value is -1.92. The number of amides is 1. The highest BCUT2D eigenvalue weighted by molar-refractivity contribution is 5.91. The molecule has 1 aromatic rings. The molecule has 1 fully saturated rings. The number of carbonyl (C=O) groups is 2. The normalized spacial score (nSPS) is 22.3. The maximum Gasteiger partial charge on any atom is 0.311 e. The number of hydrogen-bond acceptors (Lipinski definition) is 4. The van der Waals surface area contributed by atoms with E-state index >= 15 is 0 Å². The van der Waals surface area contributed by atoms with Gasteiger partial charge in [-0.2, -0.15) is 0 Å². The lowest BCUT2D eigenvalue weighted by Gasteiger charge is -2.28. The number of hydrogen-bond donors (Lipinski definition) is 2. The summed E-state index contributed by atoms with van der Waals surface area (Å²) < 4.78 is 0. The number of carboxylic acid groups (broad SMARTS) is 1. The minimum atomic E-state index is -0.868. The molecule has 1 aromatic heterocycles. The number of rotatable bonds is 4. The van der Waals surface area contributed by atoms with Crippen LogP contribution < -0.4 is 0 Å². The number of carbonyl (C=O) groups excluding carboxylic acids is 1. The molecular formula is C14H22N4O3. The van der Waals surface area contributed by atoms with Crippen molar-refractivity contribution < 1.29 is 14.7 Å². The summed E-state index contributed by atoms with van der Waals surface area (Å²) in [6.45, 7) is 8.31. The predicted octanol–water partition coefficient (Wildman–Crippen LogP) is 1.50. The molecule has 0 saturated carbocycles. The SMILES string of the molecule is CC(C)c1nc(C(=O)N2CCC(C(=O)O)(C(C)C)C2)n[nH]1. The van der Waals surface area contributed by atoms with E-state index in [2.05, 4.69) is 15.2 Å². The number of likely N-dealkylation sites (tertiary alicyclic amines) is 1. The molecular weight excluding hydrogens is 272 g/mol. The van der Waals surface area contributed by atoms with Crippen LogP contribution in [-0.2, 0) is 4.79 Å². The van der Waals surface area contributed by atoms with Crippen molar-refractivity contribution in [3.05, 3.63) is 11.6 Å². The summed E-state index contributed by atoms with van der Waals surface area (Å²) in [6, 6.07) is 0. The zero-order valence-electron chi connectivity index (χ0n) is 12.9. The minimum Gasteiger partial charge on any atom is -0.481 e. The van der Waals surface area contributed by atoms with E-state index in [0.717, 1.165) is 0 Å². The first-order chi connectivity index (χ1) is 9.78. The van der Waals surface area contributed by atoms with E-state index in [-0.39, 0.29) is 30.1 Å². The molecule has 1 aliphatic rings. The summed E-state index contributed by atoms with van der Waals surface area (Å²) in [4.78, 5) is 29.7. The first kappa shape index (κ1) is 15.5. The van der Waals surface area contributed by atoms with E-state index < -0.39 is 11.4 Å². The fourth-order valence-corrected chi connectivity index (χ4v) is 2.67. The fraction of sp³-hybridized carbons (Fsp3) is 0.714. The van der Waals surface area contributed by atoms with Gasteiger partial charge in [-0.3, -0.25) is 14.7 Å². The van der Waals surface area contributed by atoms with Gasteiger partial charge in [0, 0.05) is 19.0 Å². The van der Waals surface area contributed by atoms with Crippen molar-refractivity contribution in [2.24, 2.45) is 11.3 Å². The summed E-state index contributed by atoms with van der Waals surface area (Å²) in [5, 5.41) is 16.2. The van der Waals surface area contributed by atoms with Crippen LogP contribution in [0.5, 0.6) is 0 Å². The van der Waals surface area contributed by atoms with E-state index in [0.29, 0.717) is 18.8 Å². The van der Waals surface area contributed by atoms with Crippen LogP contribution in [0.1, 0.15) is 56.5 Å². The van der Waals surface area contributed by atoms with Crippen LogP contribution in [0.15, 0.2) is 0 Å². The Morgan fingerprint density at radius 2 is 2.00 bits per heavy atom. The monoisotopic (exact) mass is 294 g/mol. The van der Waals surface area contributed by atoms with Gasteiger partial charge in [0.25, 0.3) is 5.91 Å². The van der Waals surface area contributed by atoms with Gasteiger partial charge >= 0.3 is 5.97 Å². The highest BCUT2D eigenvalue weighted by Gasteiger charge is 2.48. The molecule has 2 N–H and O–H groups in total. The molecule has 2 rings (SSSR count). The molecule has 7 nitrogen and oxygen atoms in total. The van der Waals surface area contributed by atoms with Crippen LogP contribution in [-0.4, -0.2) is 50.2 Å². The van der Waals surface area contributed by atoms with Crippen molar-refractivity contribution in [1.82, 2.24) is 20.1 Å². The van der Waals surface area contributed by atoms with Crippen LogP contribution in [0.4, 0.5) is 0 Å². The Balaban J connectivity index is 2.16. The topological polar surface area (TPSA) is 99.2 Å². The predicted molar refractivity (Wildman–Crippen MR) is 75.9 cm³/mol. The lowest BCUT2D eigenvalue weighted by Crippen LogP contribution is -2.40. The average Bonchev–Trinajstić information content (AvgIpc) is 3.06. The quantitative estimate of drug-likeness (QED) is 0.876. The molecule has 1 unspecified atom stereocenters. The molecule has 0 aliphatic carbocycles. The highest BCUT2D eigenvalue weighted by Crippen LogP contribution is 2.38. The Bertz CT molecular complexity index is 552. The van der Waals surface area contributed by atoms with Crippen molar-refractivity contribution in [2.75, 3.05) is 13.1 Å². The molecule has 1 amide bonds. The number of carboxylic acids is 1. The van der Waals surface area contributed by atoms with Crippen LogP contribution in [0, 0.1) is 11.3 Å². The van der Waals surface area contributed by atoms with E-state index in [1.165, 1.54) is 0 Å². The summed E-state index contributed by atoms with van der Waals surface area (Å²) in [6.07, 6.45) is 0.465. The van der Waals surface area contributed by atoms with Gasteiger partial charge in [0.1, 0.15) is 5.82 Å². The highest BCUT2D eigenvalue weighted by atomic mass is 16.4. The zero-order valence-corrected chi connectivity index (χ0v) is 12.9. The third-order valence-electron chi connectivity index (χ3n) is 4.36. The maximum atomic E-state index is 12.4. The second-order valence-electron chi connectivity index (χ2n) is 6.29. The van der Waals surface area contributed by atoms with Crippen LogP contribution >= 0.6 is 0 Å². The summed E-state index contributed by atoms with van der Waals surface area (Å²) in [5.41, 5.74) is -0.868. The first-order valence-electron chi connectivity index (χ1n) is 7.23. The molecule has 116 valence electrons. The Labute approximate surface area is 123 Å². The number of aromatic nitrogens is 3. The smallest absolute Gasteiger partial charge is 0.311 e. The lowest BCUT2D eigenvalue weighted by molar-refractivity contribution is -0.150. The Kier molecular flexibility index (Phi) is 4.02. The molecule has 1 saturated heterocycles. The van der Waals surface area contributed by atoms with E-state index in [4.69, 9.17) is 0 Å². The van der Waals surface area contributed by atoms with E-state index in [1.807, 2.05) is 27.7 Å². The molecule has 2 heterocycles. The molecule has 0 radical (unpaired) electrons. The second kappa shape index (κ2) is 5.46. The summed E-state index contributed by atoms with van der Waals surface area (Å²) in [7, 11) is 0. The standard InChI is InChI=1S/C14H22N4O3/c1-8(2)10-15-11(17-16-10)12(19)18-6-5-14(7-18,9(3)4)13(20)21/h8-9H,5-7H2,1-4H3,(H,20,21)(H,15,16,17). The van der Waals surface area contributed by atoms with Gasteiger partial charge in [0.05, 0.1) is 5.41 Å². The average molecular weight is 294 g/mol. The summed E-state index contributed by atoms with van der Waals surface area (Å²) >= 11 is 0. The Morgan fingerprint density at radius 3 is 2.43 bits per heavy atom. The number of nitrogens with one attached hydrogen (secondary N) is 1. The molecule has 7 heteroatoms. The zero-order chi connectivity index (χ0) is 15.8. The number of H-pyrrole nitrogens is 1. The van der Waals surface area contributed by atoms with Gasteiger partial charge < -0.3 is 10.0 Å². The molecule has 0 bridgehead atoms. The van der Waals surface area contributed by atoms with Crippen LogP contribution in [0.25, 0.3) is 0 Å². The van der Waals surface area contributed by atoms with E-state index in [9.17, 15) is 14.7 Å². The maximum absolute atomic E-state index is 12.4. The second-order valence-corrected chi connectivity index (χ2v) is 6.29. The third-order valence-corrected chi connectivity index (χ3v) is 4.36. The van der Waals surface area contributed by atoms with Crippen molar-refractivity contribution in [1.29, 1.82) is 0 Å². The first-order valence-corrected chi connectivity index (χ1v) is 7.23. The number of nitrogens with zero attached hydrogens (tertiary/aromatic N) is 3. The van der Waals surface area contributed by atoms with Gasteiger partial charge in [-0.1, -0.05) is 27.7 Å². The van der Waals surface area contributed by atoms with Gasteiger partial charge in [0.2, 0.25) is 5.82 Å². The molecule has 0 spiro atoms. The fourth-order valence-electron chi connectivity index (χ4n) is 2.67. The van der Waals surface area contributed by atoms with Gasteiger partial charge in [0.15, 0.2) is 0 Å². The van der Waals surface area contributed by atoms with Gasteiger partial charge in [-0.15, -0.1) is 5.10 Å². The van der Waals surface area contributed by atoms with Crippen LogP contribution in [0.2, 0.25) is 0 Å². The minimum absolute atomic E-state index is 0.0360. The van der Waals surface area contributed by atoms with Crippen molar-refractivity contribution in [2.45, 2.75) is 40.0 Å². The van der Waals surface area contributed by atoms with Crippen molar-refractivity contribution >= 4 is 11.9 Å². The largest absolute Gasteiger partial charge is 0.481 e. The number of aromatic amines is 1. The molecule has 0 aromatic carbocycles. The molecule has 1 atom stereocenters. The summed E-state index contributed by atoms with van der Waals surface area (Å²) in [5.74, 6) is -0.250. The Morgan fingerprint density at radius 1 is 1.33 bits per heavy atom. The lowest BCUT2D eigenvalue weighted by atomic mass is 9.76. The molecule has 21 heavy (non-hydrogen) atoms. The van der Waals surface area contributed by atoms with Gasteiger partial charge in [-0.05, 0) is 12.3 Å². The third kappa shape index (κ3) is 2.64. The van der Waals surface area contributed by atoms with Gasteiger partial charge in [-0.25, -0.2) is 4.98 Å². The van der Waals surface area contributed by atoms with Crippen molar-refractivity contribution in [3.63, 3.8) is 0 Å². The van der Waals surface area contributed by atoms with Crippen molar-refractivity contribution in [3.8, 4) is 0 Å². The molecule has 1 aliphatic heterocycles. The number of aliphatic carboxylic acids is 1. The van der Waals surface area contributed by atoms with E-state index in [1.54, 1.807) is 4.90 Å². The van der Waals surface area contributed by atoms with Crippen LogP contribution in [0.3, 0.4) is 0 Å².